The smallest absolute Gasteiger partial charge is 0.174 e. The zero-order chi connectivity index (χ0) is 12.3. The molecule has 0 saturated heterocycles. The Bertz CT molecular complexity index is 544. The van der Waals surface area contributed by atoms with E-state index in [2.05, 4.69) is 14.5 Å². The number of rotatable bonds is 3. The molecule has 1 heterocycles. The molecule has 0 saturated carbocycles. The maximum Gasteiger partial charge on any atom is 0.174 e. The topological polar surface area (TPSA) is 84.4 Å². The molecule has 0 atom stereocenters. The Morgan fingerprint density at radius 2 is 2.35 bits per heavy atom. The number of benzene rings is 1. The summed E-state index contributed by atoms with van der Waals surface area (Å²) < 4.78 is 4.71. The van der Waals surface area contributed by atoms with Gasteiger partial charge in [-0.2, -0.15) is 4.37 Å². The molecule has 0 fully saturated rings. The van der Waals surface area contributed by atoms with E-state index in [4.69, 9.17) is 22.5 Å². The van der Waals surface area contributed by atoms with Gasteiger partial charge in [0.05, 0.1) is 5.02 Å². The number of aromatic nitrogens is 2. The Morgan fingerprint density at radius 1 is 1.53 bits per heavy atom. The van der Waals surface area contributed by atoms with E-state index in [1.165, 1.54) is 29.6 Å². The fourth-order valence-electron chi connectivity index (χ4n) is 1.10. The van der Waals surface area contributed by atoms with Crippen LogP contribution < -0.4 is 5.73 Å². The molecule has 0 unspecified atom stereocenters. The van der Waals surface area contributed by atoms with Gasteiger partial charge in [-0.25, -0.2) is 4.98 Å². The fraction of sp³-hybridized carbons (Fsp3) is 0. The summed E-state index contributed by atoms with van der Waals surface area (Å²) in [5.41, 5.74) is 6.03. The SMILES string of the molecule is NC(=NO)c1ccc(Sc2ncns2)c(Cl)c1. The predicted octanol–water partition coefficient (Wildman–Crippen LogP) is 2.44. The van der Waals surface area contributed by atoms with Gasteiger partial charge in [-0.05, 0) is 29.7 Å². The first-order valence-corrected chi connectivity index (χ1v) is 6.39. The van der Waals surface area contributed by atoms with Crippen LogP contribution in [0.2, 0.25) is 5.02 Å². The molecule has 5 nitrogen and oxygen atoms in total. The first-order chi connectivity index (χ1) is 8.20. The van der Waals surface area contributed by atoms with E-state index in [0.29, 0.717) is 10.6 Å². The number of halogens is 1. The van der Waals surface area contributed by atoms with Crippen molar-refractivity contribution in [2.24, 2.45) is 10.9 Å². The summed E-state index contributed by atoms with van der Waals surface area (Å²) in [4.78, 5) is 4.89. The van der Waals surface area contributed by atoms with Gasteiger partial charge in [-0.3, -0.25) is 0 Å². The monoisotopic (exact) mass is 286 g/mol. The molecule has 1 aromatic carbocycles. The molecule has 0 bridgehead atoms. The summed E-state index contributed by atoms with van der Waals surface area (Å²) in [6.07, 6.45) is 1.49. The van der Waals surface area contributed by atoms with Crippen molar-refractivity contribution in [2.75, 3.05) is 0 Å². The molecule has 0 aliphatic carbocycles. The zero-order valence-corrected chi connectivity index (χ0v) is 10.8. The molecule has 3 N–H and O–H groups in total. The Kier molecular flexibility index (Phi) is 3.82. The quantitative estimate of drug-likeness (QED) is 0.392. The molecular formula is C9H7ClN4OS2. The highest BCUT2D eigenvalue weighted by atomic mass is 35.5. The van der Waals surface area contributed by atoms with Crippen LogP contribution in [0.25, 0.3) is 0 Å². The average molecular weight is 287 g/mol. The van der Waals surface area contributed by atoms with E-state index < -0.39 is 0 Å². The minimum absolute atomic E-state index is 0.0272. The van der Waals surface area contributed by atoms with Crippen LogP contribution in [0.4, 0.5) is 0 Å². The third-order valence-electron chi connectivity index (χ3n) is 1.87. The summed E-state index contributed by atoms with van der Waals surface area (Å²) >= 11 is 8.81. The Labute approximate surface area is 110 Å². The van der Waals surface area contributed by atoms with Gasteiger partial charge in [0.1, 0.15) is 6.33 Å². The number of amidine groups is 1. The van der Waals surface area contributed by atoms with Crippen LogP contribution in [0.1, 0.15) is 5.56 Å². The molecular weight excluding hydrogens is 280 g/mol. The molecule has 0 amide bonds. The molecule has 2 aromatic rings. The van der Waals surface area contributed by atoms with Gasteiger partial charge in [0.25, 0.3) is 0 Å². The van der Waals surface area contributed by atoms with Crippen molar-refractivity contribution in [1.82, 2.24) is 9.36 Å². The Hall–Kier alpha value is -1.31. The molecule has 0 radical (unpaired) electrons. The number of nitrogens with two attached hydrogens (primary N) is 1. The van der Waals surface area contributed by atoms with Crippen LogP contribution >= 0.6 is 34.9 Å². The summed E-state index contributed by atoms with van der Waals surface area (Å²) in [5, 5.41) is 12.0. The second-order valence-corrected chi connectivity index (χ2v) is 5.42. The van der Waals surface area contributed by atoms with E-state index in [1.807, 2.05) is 0 Å². The van der Waals surface area contributed by atoms with Gasteiger partial charge in [0.15, 0.2) is 10.2 Å². The molecule has 1 aromatic heterocycles. The molecule has 8 heteroatoms. The van der Waals surface area contributed by atoms with E-state index in [9.17, 15) is 0 Å². The third kappa shape index (κ3) is 2.87. The number of oxime groups is 1. The Balaban J connectivity index is 2.26. The average Bonchev–Trinajstić information content (AvgIpc) is 2.83. The number of hydrogen-bond acceptors (Lipinski definition) is 6. The highest BCUT2D eigenvalue weighted by molar-refractivity contribution is 8.01. The summed E-state index contributed by atoms with van der Waals surface area (Å²) in [6.45, 7) is 0. The van der Waals surface area contributed by atoms with Crippen molar-refractivity contribution in [3.05, 3.63) is 35.1 Å². The van der Waals surface area contributed by atoms with Crippen molar-refractivity contribution in [3.8, 4) is 0 Å². The number of nitrogens with zero attached hydrogens (tertiary/aromatic N) is 3. The second-order valence-electron chi connectivity index (χ2n) is 2.94. The minimum atomic E-state index is 0.0272. The van der Waals surface area contributed by atoms with Crippen molar-refractivity contribution in [1.29, 1.82) is 0 Å². The summed E-state index contributed by atoms with van der Waals surface area (Å²) in [5.74, 6) is 0.0272. The van der Waals surface area contributed by atoms with Gasteiger partial charge in [0.2, 0.25) is 0 Å². The van der Waals surface area contributed by atoms with E-state index in [0.717, 1.165) is 9.24 Å². The van der Waals surface area contributed by atoms with Crippen LogP contribution in [0, 0.1) is 0 Å². The van der Waals surface area contributed by atoms with Crippen molar-refractivity contribution in [3.63, 3.8) is 0 Å². The van der Waals surface area contributed by atoms with Gasteiger partial charge < -0.3 is 10.9 Å². The molecule has 0 aliphatic rings. The van der Waals surface area contributed by atoms with E-state index in [1.54, 1.807) is 18.2 Å². The van der Waals surface area contributed by atoms with Gasteiger partial charge in [-0.1, -0.05) is 28.5 Å². The highest BCUT2D eigenvalue weighted by Crippen LogP contribution is 2.34. The predicted molar refractivity (Wildman–Crippen MR) is 68.0 cm³/mol. The second kappa shape index (κ2) is 5.35. The molecule has 0 spiro atoms. The van der Waals surface area contributed by atoms with Gasteiger partial charge in [-0.15, -0.1) is 0 Å². The van der Waals surface area contributed by atoms with Gasteiger partial charge >= 0.3 is 0 Å². The lowest BCUT2D eigenvalue weighted by molar-refractivity contribution is 0.318. The molecule has 88 valence electrons. The lowest BCUT2D eigenvalue weighted by atomic mass is 10.2. The van der Waals surface area contributed by atoms with Crippen molar-refractivity contribution >= 4 is 40.7 Å². The normalized spacial score (nSPS) is 11.7. The first-order valence-electron chi connectivity index (χ1n) is 4.42. The Morgan fingerprint density at radius 3 is 2.94 bits per heavy atom. The lowest BCUT2D eigenvalue weighted by Gasteiger charge is -2.04. The maximum atomic E-state index is 8.55. The zero-order valence-electron chi connectivity index (χ0n) is 8.37. The first kappa shape index (κ1) is 12.2. The minimum Gasteiger partial charge on any atom is -0.409 e. The van der Waals surface area contributed by atoms with E-state index >= 15 is 0 Å². The summed E-state index contributed by atoms with van der Waals surface area (Å²) in [6, 6.07) is 5.16. The maximum absolute atomic E-state index is 8.55. The molecule has 17 heavy (non-hydrogen) atoms. The van der Waals surface area contributed by atoms with Crippen LogP contribution in [0.15, 0.2) is 38.9 Å². The van der Waals surface area contributed by atoms with Crippen LogP contribution in [0.5, 0.6) is 0 Å². The number of hydrogen-bond donors (Lipinski definition) is 2. The van der Waals surface area contributed by atoms with E-state index in [-0.39, 0.29) is 5.84 Å². The van der Waals surface area contributed by atoms with Crippen LogP contribution in [-0.4, -0.2) is 20.4 Å². The largest absolute Gasteiger partial charge is 0.409 e. The fourth-order valence-corrected chi connectivity index (χ4v) is 2.81. The van der Waals surface area contributed by atoms with Crippen molar-refractivity contribution in [2.45, 2.75) is 9.24 Å². The molecule has 0 aliphatic heterocycles. The summed E-state index contributed by atoms with van der Waals surface area (Å²) in [7, 11) is 0. The highest BCUT2D eigenvalue weighted by Gasteiger charge is 2.08. The third-order valence-corrected chi connectivity index (χ3v) is 4.09. The van der Waals surface area contributed by atoms with Crippen LogP contribution in [-0.2, 0) is 0 Å². The van der Waals surface area contributed by atoms with Gasteiger partial charge in [0, 0.05) is 10.5 Å². The standard InChI is InChI=1S/C9H7ClN4OS2/c10-6-3-5(8(11)14-15)1-2-7(6)16-9-12-4-13-17-9/h1-4,15H,(H2,11,14). The molecule has 2 rings (SSSR count). The van der Waals surface area contributed by atoms with Crippen LogP contribution in [0.3, 0.4) is 0 Å². The lowest BCUT2D eigenvalue weighted by Crippen LogP contribution is -2.12. The van der Waals surface area contributed by atoms with Crippen molar-refractivity contribution < 1.29 is 5.21 Å².